The summed E-state index contributed by atoms with van der Waals surface area (Å²) >= 11 is 0. The summed E-state index contributed by atoms with van der Waals surface area (Å²) in [5.74, 6) is 1.63. The van der Waals surface area contributed by atoms with E-state index in [0.717, 1.165) is 75.5 Å². The van der Waals surface area contributed by atoms with Crippen LogP contribution in [-0.4, -0.2) is 37.2 Å². The third-order valence-corrected chi connectivity index (χ3v) is 13.4. The lowest BCUT2D eigenvalue weighted by Gasteiger charge is -2.18. The topological polar surface area (TPSA) is 78.9 Å². The number of carbonyl (C=O) groups is 3. The minimum absolute atomic E-state index is 0.0643. The zero-order chi connectivity index (χ0) is 47.7. The van der Waals surface area contributed by atoms with E-state index in [1.807, 2.05) is 0 Å². The lowest BCUT2D eigenvalue weighted by atomic mass is 10.0. The number of esters is 3. The second kappa shape index (κ2) is 50.3. The molecule has 6 nitrogen and oxygen atoms in total. The normalized spacial score (nSPS) is 12.1. The minimum atomic E-state index is -0.764. The molecule has 0 aliphatic rings. The first-order valence-electron chi connectivity index (χ1n) is 29.1. The summed E-state index contributed by atoms with van der Waals surface area (Å²) in [4.78, 5) is 38.1. The fourth-order valence-electron chi connectivity index (χ4n) is 9.00. The van der Waals surface area contributed by atoms with Crippen molar-refractivity contribution in [1.82, 2.24) is 0 Å². The van der Waals surface area contributed by atoms with E-state index in [9.17, 15) is 14.4 Å². The molecule has 386 valence electrons. The molecule has 0 rings (SSSR count). The van der Waals surface area contributed by atoms with Crippen molar-refractivity contribution in [3.05, 3.63) is 0 Å². The van der Waals surface area contributed by atoms with Crippen molar-refractivity contribution in [1.29, 1.82) is 0 Å². The Morgan fingerprint density at radius 3 is 0.662 bits per heavy atom. The van der Waals surface area contributed by atoms with Gasteiger partial charge in [-0.2, -0.15) is 0 Å². The van der Waals surface area contributed by atoms with Gasteiger partial charge < -0.3 is 14.2 Å². The van der Waals surface area contributed by atoms with Crippen LogP contribution < -0.4 is 0 Å². The molecule has 0 aromatic rings. The Morgan fingerprint density at radius 1 is 0.262 bits per heavy atom. The standard InChI is InChI=1S/C59H114O6/c1-53(2)45-39-33-27-22-18-14-11-9-7-8-10-12-16-20-24-30-36-42-48-57(60)63-51-56(65-59(62)50-44-38-32-26-29-35-41-47-55(5)6)52-64-58(61)49-43-37-31-25-21-17-13-15-19-23-28-34-40-46-54(3)4/h53-56H,7-52H2,1-6H3/t56-/m1/s1. The van der Waals surface area contributed by atoms with Crippen LogP contribution in [0.25, 0.3) is 0 Å². The van der Waals surface area contributed by atoms with Crippen LogP contribution in [0.15, 0.2) is 0 Å². The third kappa shape index (κ3) is 53.2. The molecule has 0 saturated carbocycles. The second-order valence-electron chi connectivity index (χ2n) is 21.7. The van der Waals surface area contributed by atoms with Gasteiger partial charge >= 0.3 is 17.9 Å². The fraction of sp³-hybridized carbons (Fsp3) is 0.949. The summed E-state index contributed by atoms with van der Waals surface area (Å²) in [5.41, 5.74) is 0. The van der Waals surface area contributed by atoms with Crippen LogP contribution in [0.3, 0.4) is 0 Å². The lowest BCUT2D eigenvalue weighted by Crippen LogP contribution is -2.30. The van der Waals surface area contributed by atoms with Gasteiger partial charge in [0.2, 0.25) is 0 Å². The Balaban J connectivity index is 4.19. The molecule has 0 aliphatic heterocycles. The van der Waals surface area contributed by atoms with Gasteiger partial charge in [0.1, 0.15) is 13.2 Å². The summed E-state index contributed by atoms with van der Waals surface area (Å²) in [6, 6.07) is 0. The molecule has 0 heterocycles. The highest BCUT2D eigenvalue weighted by Crippen LogP contribution is 2.18. The second-order valence-corrected chi connectivity index (χ2v) is 21.7. The first-order chi connectivity index (χ1) is 31.6. The Bertz CT molecular complexity index is 1010. The molecule has 0 aromatic heterocycles. The van der Waals surface area contributed by atoms with Crippen molar-refractivity contribution in [2.45, 2.75) is 330 Å². The summed E-state index contributed by atoms with van der Waals surface area (Å²) < 4.78 is 16.9. The number of rotatable bonds is 52. The van der Waals surface area contributed by atoms with Crippen molar-refractivity contribution < 1.29 is 28.6 Å². The number of hydrogen-bond acceptors (Lipinski definition) is 6. The van der Waals surface area contributed by atoms with Gasteiger partial charge in [0.15, 0.2) is 6.10 Å². The quantitative estimate of drug-likeness (QED) is 0.0344. The van der Waals surface area contributed by atoms with Gasteiger partial charge in [-0.3, -0.25) is 14.4 Å². The average molecular weight is 920 g/mol. The van der Waals surface area contributed by atoms with Gasteiger partial charge in [-0.25, -0.2) is 0 Å². The zero-order valence-corrected chi connectivity index (χ0v) is 44.8. The summed E-state index contributed by atoms with van der Waals surface area (Å²) in [6.45, 7) is 13.7. The molecule has 0 amide bonds. The van der Waals surface area contributed by atoms with Crippen LogP contribution in [-0.2, 0) is 28.6 Å². The number of hydrogen-bond donors (Lipinski definition) is 0. The van der Waals surface area contributed by atoms with Gasteiger partial charge in [0.25, 0.3) is 0 Å². The molecule has 0 saturated heterocycles. The van der Waals surface area contributed by atoms with E-state index < -0.39 is 6.10 Å². The monoisotopic (exact) mass is 919 g/mol. The molecule has 0 unspecified atom stereocenters. The van der Waals surface area contributed by atoms with Crippen molar-refractivity contribution >= 4 is 17.9 Å². The predicted molar refractivity (Wildman–Crippen MR) is 279 cm³/mol. The highest BCUT2D eigenvalue weighted by Gasteiger charge is 2.19. The maximum atomic E-state index is 12.8. The average Bonchev–Trinajstić information content (AvgIpc) is 3.26. The van der Waals surface area contributed by atoms with E-state index >= 15 is 0 Å². The first-order valence-corrected chi connectivity index (χ1v) is 29.1. The molecule has 0 bridgehead atoms. The molecule has 0 aliphatic carbocycles. The Labute approximate surface area is 406 Å². The molecule has 0 aromatic carbocycles. The van der Waals surface area contributed by atoms with Gasteiger partial charge in [0, 0.05) is 19.3 Å². The van der Waals surface area contributed by atoms with Crippen LogP contribution in [0.2, 0.25) is 0 Å². The van der Waals surface area contributed by atoms with Crippen LogP contribution in [0.1, 0.15) is 324 Å². The molecular weight excluding hydrogens is 805 g/mol. The lowest BCUT2D eigenvalue weighted by molar-refractivity contribution is -0.167. The van der Waals surface area contributed by atoms with Gasteiger partial charge in [-0.15, -0.1) is 0 Å². The van der Waals surface area contributed by atoms with Gasteiger partial charge in [-0.05, 0) is 37.0 Å². The molecule has 0 radical (unpaired) electrons. The molecule has 0 spiro atoms. The maximum absolute atomic E-state index is 12.8. The largest absolute Gasteiger partial charge is 0.462 e. The molecule has 0 fully saturated rings. The van der Waals surface area contributed by atoms with Crippen molar-refractivity contribution in [3.8, 4) is 0 Å². The molecule has 1 atom stereocenters. The summed E-state index contributed by atoms with van der Waals surface area (Å²) in [7, 11) is 0. The maximum Gasteiger partial charge on any atom is 0.306 e. The highest BCUT2D eigenvalue weighted by molar-refractivity contribution is 5.71. The van der Waals surface area contributed by atoms with Crippen molar-refractivity contribution in [3.63, 3.8) is 0 Å². The molecular formula is C59H114O6. The van der Waals surface area contributed by atoms with Crippen molar-refractivity contribution in [2.75, 3.05) is 13.2 Å². The molecule has 65 heavy (non-hydrogen) atoms. The SMILES string of the molecule is CC(C)CCCCCCCCCCCCCCCCCCCCC(=O)OC[C@H](COC(=O)CCCCCCCCCCCCCCCC(C)C)OC(=O)CCCCCCCCCC(C)C. The minimum Gasteiger partial charge on any atom is -0.462 e. The first kappa shape index (κ1) is 63.4. The molecule has 6 heteroatoms. The zero-order valence-electron chi connectivity index (χ0n) is 44.8. The van der Waals surface area contributed by atoms with Crippen LogP contribution in [0, 0.1) is 17.8 Å². The van der Waals surface area contributed by atoms with E-state index in [1.165, 1.54) is 205 Å². The van der Waals surface area contributed by atoms with E-state index in [4.69, 9.17) is 14.2 Å². The highest BCUT2D eigenvalue weighted by atomic mass is 16.6. The summed E-state index contributed by atoms with van der Waals surface area (Å²) in [6.07, 6.45) is 52.5. The van der Waals surface area contributed by atoms with E-state index in [1.54, 1.807) is 0 Å². The van der Waals surface area contributed by atoms with E-state index in [0.29, 0.717) is 19.3 Å². The summed E-state index contributed by atoms with van der Waals surface area (Å²) in [5, 5.41) is 0. The smallest absolute Gasteiger partial charge is 0.306 e. The predicted octanol–water partition coefficient (Wildman–Crippen LogP) is 19.1. The Morgan fingerprint density at radius 2 is 0.446 bits per heavy atom. The Hall–Kier alpha value is -1.59. The number of carbonyl (C=O) groups excluding carboxylic acids is 3. The molecule has 0 N–H and O–H groups in total. The fourth-order valence-corrected chi connectivity index (χ4v) is 9.00. The number of unbranched alkanes of at least 4 members (excludes halogenated alkanes) is 35. The van der Waals surface area contributed by atoms with Gasteiger partial charge in [-0.1, -0.05) is 286 Å². The van der Waals surface area contributed by atoms with Gasteiger partial charge in [0.05, 0.1) is 0 Å². The number of ether oxygens (including phenoxy) is 3. The van der Waals surface area contributed by atoms with Crippen LogP contribution >= 0.6 is 0 Å². The van der Waals surface area contributed by atoms with E-state index in [-0.39, 0.29) is 31.1 Å². The van der Waals surface area contributed by atoms with Crippen LogP contribution in [0.5, 0.6) is 0 Å². The van der Waals surface area contributed by atoms with E-state index in [2.05, 4.69) is 41.5 Å². The third-order valence-electron chi connectivity index (χ3n) is 13.4. The van der Waals surface area contributed by atoms with Crippen molar-refractivity contribution in [2.24, 2.45) is 17.8 Å². The van der Waals surface area contributed by atoms with Crippen LogP contribution in [0.4, 0.5) is 0 Å². The Kier molecular flexibility index (Phi) is 49.1.